The van der Waals surface area contributed by atoms with Crippen LogP contribution in [-0.4, -0.2) is 27.2 Å². The van der Waals surface area contributed by atoms with Gasteiger partial charge in [0, 0.05) is 6.54 Å². The van der Waals surface area contributed by atoms with Crippen molar-refractivity contribution in [1.82, 2.24) is 9.97 Å². The summed E-state index contributed by atoms with van der Waals surface area (Å²) < 4.78 is 0. The molecule has 1 rings (SSSR count). The molecule has 0 aliphatic rings. The van der Waals surface area contributed by atoms with E-state index in [1.165, 1.54) is 6.33 Å². The molecule has 0 aromatic carbocycles. The second kappa shape index (κ2) is 5.18. The molecule has 1 atom stereocenters. The predicted molar refractivity (Wildman–Crippen MR) is 67.8 cm³/mol. The summed E-state index contributed by atoms with van der Waals surface area (Å²) in [7, 11) is 0. The predicted octanol–water partition coefficient (Wildman–Crippen LogP) is 0.561. The molecule has 6 heteroatoms. The standard InChI is InChI=1S/C11H20N4O2/c1-7(2)4-11(3,17)5-13-9-8(12)10(16)15-6-14-9/h6-7,17H,4-5,12H2,1-3H3,(H2,13,14,15,16). The highest BCUT2D eigenvalue weighted by molar-refractivity contribution is 5.58. The molecule has 6 nitrogen and oxygen atoms in total. The number of nitrogen functional groups attached to an aromatic ring is 1. The van der Waals surface area contributed by atoms with E-state index in [4.69, 9.17) is 5.73 Å². The Morgan fingerprint density at radius 3 is 2.88 bits per heavy atom. The van der Waals surface area contributed by atoms with E-state index in [0.717, 1.165) is 0 Å². The van der Waals surface area contributed by atoms with Crippen LogP contribution in [0.3, 0.4) is 0 Å². The van der Waals surface area contributed by atoms with Gasteiger partial charge in [-0.3, -0.25) is 4.79 Å². The minimum absolute atomic E-state index is 0.0350. The number of nitrogens with one attached hydrogen (secondary N) is 2. The van der Waals surface area contributed by atoms with Gasteiger partial charge in [-0.25, -0.2) is 4.98 Å². The molecule has 0 amide bonds. The van der Waals surface area contributed by atoms with E-state index in [9.17, 15) is 9.90 Å². The molecule has 0 aliphatic carbocycles. The van der Waals surface area contributed by atoms with Gasteiger partial charge in [0.1, 0.15) is 5.69 Å². The van der Waals surface area contributed by atoms with Crippen molar-refractivity contribution in [2.45, 2.75) is 32.8 Å². The lowest BCUT2D eigenvalue weighted by Gasteiger charge is -2.25. The zero-order chi connectivity index (χ0) is 13.1. The number of rotatable bonds is 5. The van der Waals surface area contributed by atoms with Gasteiger partial charge in [0.15, 0.2) is 5.82 Å². The highest BCUT2D eigenvalue weighted by Gasteiger charge is 2.22. The maximum atomic E-state index is 11.2. The van der Waals surface area contributed by atoms with Gasteiger partial charge in [-0.15, -0.1) is 0 Å². The average Bonchev–Trinajstić information content (AvgIpc) is 2.18. The first-order chi connectivity index (χ1) is 7.82. The lowest BCUT2D eigenvalue weighted by Crippen LogP contribution is -2.35. The molecule has 0 saturated carbocycles. The fourth-order valence-corrected chi connectivity index (χ4v) is 1.78. The van der Waals surface area contributed by atoms with Gasteiger partial charge in [0.25, 0.3) is 5.56 Å². The summed E-state index contributed by atoms with van der Waals surface area (Å²) in [6, 6.07) is 0. The highest BCUT2D eigenvalue weighted by Crippen LogP contribution is 2.17. The first kappa shape index (κ1) is 13.5. The highest BCUT2D eigenvalue weighted by atomic mass is 16.3. The maximum Gasteiger partial charge on any atom is 0.276 e. The van der Waals surface area contributed by atoms with Crippen molar-refractivity contribution >= 4 is 11.5 Å². The van der Waals surface area contributed by atoms with Gasteiger partial charge < -0.3 is 21.1 Å². The zero-order valence-electron chi connectivity index (χ0n) is 10.4. The number of hydrogen-bond acceptors (Lipinski definition) is 5. The number of H-pyrrole nitrogens is 1. The normalized spacial score (nSPS) is 14.6. The van der Waals surface area contributed by atoms with E-state index in [1.54, 1.807) is 6.92 Å². The Balaban J connectivity index is 2.67. The molecule has 1 unspecified atom stereocenters. The van der Waals surface area contributed by atoms with E-state index >= 15 is 0 Å². The van der Waals surface area contributed by atoms with Gasteiger partial charge in [-0.05, 0) is 19.3 Å². The van der Waals surface area contributed by atoms with Gasteiger partial charge in [0.2, 0.25) is 0 Å². The van der Waals surface area contributed by atoms with Crippen LogP contribution in [0.2, 0.25) is 0 Å². The molecule has 1 heterocycles. The zero-order valence-corrected chi connectivity index (χ0v) is 10.4. The average molecular weight is 240 g/mol. The van der Waals surface area contributed by atoms with E-state index in [1.807, 2.05) is 13.8 Å². The third-order valence-corrected chi connectivity index (χ3v) is 2.37. The SMILES string of the molecule is CC(C)CC(C)(O)CNc1nc[nH]c(=O)c1N. The molecular weight excluding hydrogens is 220 g/mol. The summed E-state index contributed by atoms with van der Waals surface area (Å²) >= 11 is 0. The Labute approximate surface area is 100 Å². The van der Waals surface area contributed by atoms with Gasteiger partial charge in [0.05, 0.1) is 11.9 Å². The van der Waals surface area contributed by atoms with Crippen LogP contribution in [0.4, 0.5) is 11.5 Å². The molecule has 0 spiro atoms. The van der Waals surface area contributed by atoms with Crippen molar-refractivity contribution < 1.29 is 5.11 Å². The third kappa shape index (κ3) is 4.07. The molecule has 0 aliphatic heterocycles. The number of hydrogen-bond donors (Lipinski definition) is 4. The van der Waals surface area contributed by atoms with E-state index < -0.39 is 5.60 Å². The lowest BCUT2D eigenvalue weighted by atomic mass is 9.94. The second-order valence-electron chi connectivity index (χ2n) is 4.94. The van der Waals surface area contributed by atoms with E-state index in [2.05, 4.69) is 15.3 Å². The van der Waals surface area contributed by atoms with Crippen LogP contribution in [0.5, 0.6) is 0 Å². The van der Waals surface area contributed by atoms with Crippen LogP contribution < -0.4 is 16.6 Å². The van der Waals surface area contributed by atoms with Crippen molar-refractivity contribution in [3.63, 3.8) is 0 Å². The minimum atomic E-state index is -0.856. The number of nitrogens with zero attached hydrogens (tertiary/aromatic N) is 1. The summed E-state index contributed by atoms with van der Waals surface area (Å²) in [4.78, 5) is 17.5. The monoisotopic (exact) mass is 240 g/mol. The lowest BCUT2D eigenvalue weighted by molar-refractivity contribution is 0.0515. The van der Waals surface area contributed by atoms with E-state index in [0.29, 0.717) is 24.7 Å². The second-order valence-corrected chi connectivity index (χ2v) is 4.94. The van der Waals surface area contributed by atoms with Crippen molar-refractivity contribution in [1.29, 1.82) is 0 Å². The largest absolute Gasteiger partial charge is 0.391 e. The molecule has 0 fully saturated rings. The van der Waals surface area contributed by atoms with Crippen LogP contribution in [0.1, 0.15) is 27.2 Å². The van der Waals surface area contributed by atoms with Crippen LogP contribution in [0.15, 0.2) is 11.1 Å². The summed E-state index contributed by atoms with van der Waals surface area (Å²) in [6.45, 7) is 6.11. The molecule has 1 aromatic heterocycles. The number of nitrogens with two attached hydrogens (primary N) is 1. The van der Waals surface area contributed by atoms with Gasteiger partial charge in [-0.2, -0.15) is 0 Å². The molecule has 5 N–H and O–H groups in total. The number of aromatic amines is 1. The smallest absolute Gasteiger partial charge is 0.276 e. The number of aromatic nitrogens is 2. The van der Waals surface area contributed by atoms with Crippen molar-refractivity contribution in [3.05, 3.63) is 16.7 Å². The molecule has 96 valence electrons. The summed E-state index contributed by atoms with van der Waals surface area (Å²) in [5.74, 6) is 0.689. The number of aliphatic hydroxyl groups is 1. The fourth-order valence-electron chi connectivity index (χ4n) is 1.78. The number of anilines is 2. The fraction of sp³-hybridized carbons (Fsp3) is 0.636. The van der Waals surface area contributed by atoms with Crippen molar-refractivity contribution in [2.75, 3.05) is 17.6 Å². The quantitative estimate of drug-likeness (QED) is 0.602. The Morgan fingerprint density at radius 2 is 2.29 bits per heavy atom. The van der Waals surface area contributed by atoms with Crippen molar-refractivity contribution in [2.24, 2.45) is 5.92 Å². The molecule has 0 bridgehead atoms. The summed E-state index contributed by atoms with van der Waals surface area (Å²) in [5.41, 5.74) is 4.36. The Kier molecular flexibility index (Phi) is 4.11. The molecule has 17 heavy (non-hydrogen) atoms. The topological polar surface area (TPSA) is 104 Å². The minimum Gasteiger partial charge on any atom is -0.391 e. The molecule has 0 radical (unpaired) electrons. The first-order valence-electron chi connectivity index (χ1n) is 5.61. The third-order valence-electron chi connectivity index (χ3n) is 2.37. The van der Waals surface area contributed by atoms with Crippen LogP contribution in [0.25, 0.3) is 0 Å². The summed E-state index contributed by atoms with van der Waals surface area (Å²) in [6.07, 6.45) is 1.93. The van der Waals surface area contributed by atoms with Crippen molar-refractivity contribution in [3.8, 4) is 0 Å². The van der Waals surface area contributed by atoms with E-state index in [-0.39, 0.29) is 11.2 Å². The van der Waals surface area contributed by atoms with Gasteiger partial charge in [-0.1, -0.05) is 13.8 Å². The van der Waals surface area contributed by atoms with Crippen LogP contribution >= 0.6 is 0 Å². The molecule has 0 saturated heterocycles. The van der Waals surface area contributed by atoms with Crippen LogP contribution in [-0.2, 0) is 0 Å². The Bertz CT molecular complexity index is 426. The Hall–Kier alpha value is -1.56. The first-order valence-corrected chi connectivity index (χ1v) is 5.61. The molecular formula is C11H20N4O2. The van der Waals surface area contributed by atoms with Crippen LogP contribution in [0, 0.1) is 5.92 Å². The maximum absolute atomic E-state index is 11.2. The molecule has 1 aromatic rings. The van der Waals surface area contributed by atoms with Gasteiger partial charge >= 0.3 is 0 Å². The summed E-state index contributed by atoms with van der Waals surface area (Å²) in [5, 5.41) is 13.0. The Morgan fingerprint density at radius 1 is 1.65 bits per heavy atom.